The molecule has 1 aliphatic carbocycles. The van der Waals surface area contributed by atoms with Gasteiger partial charge in [-0.3, -0.25) is 4.79 Å². The molecule has 0 aliphatic heterocycles. The van der Waals surface area contributed by atoms with Crippen molar-refractivity contribution in [1.29, 1.82) is 0 Å². The second-order valence-electron chi connectivity index (χ2n) is 7.14. The molecule has 1 fully saturated rings. The van der Waals surface area contributed by atoms with Crippen LogP contribution in [0.2, 0.25) is 0 Å². The fourth-order valence-electron chi connectivity index (χ4n) is 3.14. The summed E-state index contributed by atoms with van der Waals surface area (Å²) in [6.07, 6.45) is 1.24. The fraction of sp³-hybridized carbons (Fsp3) is 0.588. The molecule has 4 heteroatoms. The smallest absolute Gasteiger partial charge is 0.220 e. The van der Waals surface area contributed by atoms with Gasteiger partial charge in [-0.2, -0.15) is 0 Å². The molecule has 1 atom stereocenters. The average Bonchev–Trinajstić information content (AvgIpc) is 2.89. The Balaban J connectivity index is 2.17. The molecule has 1 N–H and O–H groups in total. The van der Waals surface area contributed by atoms with E-state index in [1.165, 1.54) is 12.1 Å². The highest BCUT2D eigenvalue weighted by Crippen LogP contribution is 2.64. The van der Waals surface area contributed by atoms with Gasteiger partial charge >= 0.3 is 0 Å². The summed E-state index contributed by atoms with van der Waals surface area (Å²) in [4.78, 5) is 11.8. The number of benzene rings is 1. The lowest BCUT2D eigenvalue weighted by Crippen LogP contribution is -2.35. The van der Waals surface area contributed by atoms with E-state index in [0.29, 0.717) is 18.5 Å². The van der Waals surface area contributed by atoms with Crippen LogP contribution in [0.25, 0.3) is 0 Å². The van der Waals surface area contributed by atoms with Crippen LogP contribution in [0.15, 0.2) is 18.2 Å². The van der Waals surface area contributed by atoms with Gasteiger partial charge in [0, 0.05) is 24.4 Å². The van der Waals surface area contributed by atoms with Gasteiger partial charge in [0.15, 0.2) is 0 Å². The Bertz CT molecular complexity index is 554. The van der Waals surface area contributed by atoms with Gasteiger partial charge in [0.1, 0.15) is 11.6 Å². The van der Waals surface area contributed by atoms with E-state index in [0.717, 1.165) is 12.5 Å². The van der Waals surface area contributed by atoms with Crippen LogP contribution in [0.4, 0.5) is 8.78 Å². The van der Waals surface area contributed by atoms with Gasteiger partial charge in [0.25, 0.3) is 0 Å². The van der Waals surface area contributed by atoms with E-state index >= 15 is 0 Å². The summed E-state index contributed by atoms with van der Waals surface area (Å²) in [6.45, 7) is 8.45. The van der Waals surface area contributed by atoms with Gasteiger partial charge in [-0.25, -0.2) is 8.78 Å². The van der Waals surface area contributed by atoms with E-state index in [-0.39, 0.29) is 17.2 Å². The normalized spacial score (nSPS) is 23.2. The minimum atomic E-state index is -0.575. The summed E-state index contributed by atoms with van der Waals surface area (Å²) in [5, 5.41) is 2.91. The number of amides is 1. The highest BCUT2D eigenvalue weighted by Gasteiger charge is 2.62. The largest absolute Gasteiger partial charge is 0.355 e. The van der Waals surface area contributed by atoms with E-state index < -0.39 is 17.0 Å². The van der Waals surface area contributed by atoms with Gasteiger partial charge in [0.2, 0.25) is 5.91 Å². The predicted molar refractivity (Wildman–Crippen MR) is 78.9 cm³/mol. The molecule has 0 saturated heterocycles. The van der Waals surface area contributed by atoms with Gasteiger partial charge < -0.3 is 5.32 Å². The van der Waals surface area contributed by atoms with E-state index in [2.05, 4.69) is 5.32 Å². The lowest BCUT2D eigenvalue weighted by Gasteiger charge is -2.22. The molecule has 2 rings (SSSR count). The molecule has 2 nitrogen and oxygen atoms in total. The number of halogens is 2. The van der Waals surface area contributed by atoms with Crippen LogP contribution in [0.3, 0.4) is 0 Å². The maximum absolute atomic E-state index is 14.1. The van der Waals surface area contributed by atoms with E-state index in [1.807, 2.05) is 27.7 Å². The SMILES string of the molecule is CC(C)CC(=O)NCC1(c2ccc(F)cc2F)CC1(C)C. The van der Waals surface area contributed by atoms with Crippen molar-refractivity contribution in [2.45, 2.75) is 46.0 Å². The summed E-state index contributed by atoms with van der Waals surface area (Å²) >= 11 is 0. The molecule has 0 bridgehead atoms. The number of nitrogens with one attached hydrogen (secondary N) is 1. The number of carbonyl (C=O) groups excluding carboxylic acids is 1. The Kier molecular flexibility index (Phi) is 4.09. The Hall–Kier alpha value is -1.45. The summed E-state index contributed by atoms with van der Waals surface area (Å²) in [6, 6.07) is 3.71. The third-order valence-electron chi connectivity index (χ3n) is 4.54. The molecule has 1 unspecified atom stereocenters. The fourth-order valence-corrected chi connectivity index (χ4v) is 3.14. The highest BCUT2D eigenvalue weighted by molar-refractivity contribution is 5.76. The monoisotopic (exact) mass is 295 g/mol. The molecule has 116 valence electrons. The first-order valence-corrected chi connectivity index (χ1v) is 7.40. The third kappa shape index (κ3) is 3.09. The van der Waals surface area contributed by atoms with Crippen LogP contribution in [-0.2, 0) is 10.2 Å². The second kappa shape index (κ2) is 5.39. The zero-order valence-electron chi connectivity index (χ0n) is 13.1. The summed E-state index contributed by atoms with van der Waals surface area (Å²) in [5.74, 6) is -0.835. The molecule has 0 radical (unpaired) electrons. The molecule has 21 heavy (non-hydrogen) atoms. The molecule has 1 saturated carbocycles. The Morgan fingerprint density at radius 2 is 1.95 bits per heavy atom. The van der Waals surface area contributed by atoms with Crippen molar-refractivity contribution in [3.63, 3.8) is 0 Å². The first-order chi connectivity index (χ1) is 9.68. The van der Waals surface area contributed by atoms with Crippen molar-refractivity contribution in [3.8, 4) is 0 Å². The molecular formula is C17H23F2NO. The first kappa shape index (κ1) is 15.9. The Morgan fingerprint density at radius 3 is 2.43 bits per heavy atom. The lowest BCUT2D eigenvalue weighted by atomic mass is 9.87. The Morgan fingerprint density at radius 1 is 1.33 bits per heavy atom. The summed E-state index contributed by atoms with van der Waals surface area (Å²) < 4.78 is 27.2. The molecule has 0 aromatic heterocycles. The number of carbonyl (C=O) groups is 1. The maximum Gasteiger partial charge on any atom is 0.220 e. The Labute approximate surface area is 124 Å². The minimum Gasteiger partial charge on any atom is -0.355 e. The molecule has 1 amide bonds. The van der Waals surface area contributed by atoms with Gasteiger partial charge in [-0.05, 0) is 29.4 Å². The second-order valence-corrected chi connectivity index (χ2v) is 7.14. The number of hydrogen-bond donors (Lipinski definition) is 1. The maximum atomic E-state index is 14.1. The molecule has 0 heterocycles. The predicted octanol–water partition coefficient (Wildman–Crippen LogP) is 3.79. The van der Waals surface area contributed by atoms with Crippen molar-refractivity contribution in [3.05, 3.63) is 35.4 Å². The zero-order valence-corrected chi connectivity index (χ0v) is 13.1. The first-order valence-electron chi connectivity index (χ1n) is 7.40. The molecular weight excluding hydrogens is 272 g/mol. The van der Waals surface area contributed by atoms with Crippen molar-refractivity contribution in [2.75, 3.05) is 6.54 Å². The lowest BCUT2D eigenvalue weighted by molar-refractivity contribution is -0.121. The quantitative estimate of drug-likeness (QED) is 0.879. The molecule has 1 aromatic carbocycles. The zero-order chi connectivity index (χ0) is 15.8. The van der Waals surface area contributed by atoms with Crippen LogP contribution < -0.4 is 5.32 Å². The van der Waals surface area contributed by atoms with Crippen LogP contribution in [0.5, 0.6) is 0 Å². The topological polar surface area (TPSA) is 29.1 Å². The standard InChI is InChI=1S/C17H23F2NO/c1-11(2)7-15(21)20-10-17(9-16(17,3)4)13-6-5-12(18)8-14(13)19/h5-6,8,11H,7,9-10H2,1-4H3,(H,20,21). The van der Waals surface area contributed by atoms with Gasteiger partial charge in [-0.1, -0.05) is 33.8 Å². The van der Waals surface area contributed by atoms with Gasteiger partial charge in [0.05, 0.1) is 0 Å². The molecule has 1 aliphatic rings. The van der Waals surface area contributed by atoms with Crippen LogP contribution >= 0.6 is 0 Å². The van der Waals surface area contributed by atoms with Crippen LogP contribution in [0.1, 0.15) is 46.1 Å². The van der Waals surface area contributed by atoms with Crippen molar-refractivity contribution >= 4 is 5.91 Å². The molecule has 1 aromatic rings. The van der Waals surface area contributed by atoms with Crippen LogP contribution in [0, 0.1) is 23.0 Å². The summed E-state index contributed by atoms with van der Waals surface area (Å²) in [7, 11) is 0. The summed E-state index contributed by atoms with van der Waals surface area (Å²) in [5.41, 5.74) is -0.0347. The number of rotatable bonds is 5. The molecule has 0 spiro atoms. The third-order valence-corrected chi connectivity index (χ3v) is 4.54. The van der Waals surface area contributed by atoms with Crippen molar-refractivity contribution in [1.82, 2.24) is 5.32 Å². The highest BCUT2D eigenvalue weighted by atomic mass is 19.1. The van der Waals surface area contributed by atoms with Crippen LogP contribution in [-0.4, -0.2) is 12.5 Å². The van der Waals surface area contributed by atoms with Crippen molar-refractivity contribution < 1.29 is 13.6 Å². The minimum absolute atomic E-state index is 0.0189. The van der Waals surface area contributed by atoms with E-state index in [4.69, 9.17) is 0 Å². The van der Waals surface area contributed by atoms with E-state index in [1.54, 1.807) is 0 Å². The average molecular weight is 295 g/mol. The van der Waals surface area contributed by atoms with Crippen molar-refractivity contribution in [2.24, 2.45) is 11.3 Å². The number of hydrogen-bond acceptors (Lipinski definition) is 1. The van der Waals surface area contributed by atoms with Gasteiger partial charge in [-0.15, -0.1) is 0 Å². The van der Waals surface area contributed by atoms with E-state index in [9.17, 15) is 13.6 Å².